The molecule has 75 heavy (non-hydrogen) atoms. The number of hydrogen-bond acceptors (Lipinski definition) is 16. The van der Waals surface area contributed by atoms with Crippen molar-refractivity contribution >= 4 is 78.4 Å². The molecule has 0 bridgehead atoms. The van der Waals surface area contributed by atoms with Gasteiger partial charge in [-0.05, 0) is 113 Å². The standard InChI is InChI=1S/2C26H36FN3O6S.Mg/c2*1-16(2)26(5)21(13-12-19-14-20(15-22(31)32)36-25(3,4)35-19)23(17-8-10-18(27)11-9-17)28-24(29-26)30(6)37(7,33)34;/h2*8-13,16,19-20H,14-15H2,1-7H3,(H,28,29)(H,31,32);/q;;+2/p-2/b2*13-12+;/t2*19-,20-,26?;/m11./s1. The van der Waals surface area contributed by atoms with E-state index in [-0.39, 0.29) is 59.6 Å². The van der Waals surface area contributed by atoms with Crippen LogP contribution in [0.5, 0.6) is 0 Å². The molecule has 408 valence electrons. The van der Waals surface area contributed by atoms with Crippen LogP contribution in [-0.2, 0) is 48.6 Å². The fourth-order valence-electron chi connectivity index (χ4n) is 8.73. The van der Waals surface area contributed by atoms with E-state index in [4.69, 9.17) is 28.9 Å². The Morgan fingerprint density at radius 1 is 0.640 bits per heavy atom. The average molecular weight is 1100 g/mol. The van der Waals surface area contributed by atoms with Gasteiger partial charge in [0, 0.05) is 62.9 Å². The maximum absolute atomic E-state index is 13.7. The molecule has 2 aromatic carbocycles. The van der Waals surface area contributed by atoms with Crippen LogP contribution in [-0.4, -0.2) is 146 Å². The third-order valence-corrected chi connectivity index (χ3v) is 15.7. The number of aliphatic carboxylic acids is 2. The van der Waals surface area contributed by atoms with Gasteiger partial charge in [0.1, 0.15) is 11.6 Å². The number of nitrogens with one attached hydrogen (secondary N) is 2. The molecule has 0 aliphatic carbocycles. The zero-order chi connectivity index (χ0) is 55.5. The number of carbonyl (C=O) groups is 2. The summed E-state index contributed by atoms with van der Waals surface area (Å²) in [5, 5.41) is 28.6. The smallest absolute Gasteiger partial charge is 0.550 e. The Bertz CT molecular complexity index is 2650. The number of nitrogens with zero attached hydrogens (tertiary/aromatic N) is 4. The summed E-state index contributed by atoms with van der Waals surface area (Å²) in [4.78, 5) is 32.0. The van der Waals surface area contributed by atoms with Crippen LogP contribution in [0.1, 0.15) is 106 Å². The number of sulfonamides is 2. The SMILES string of the molecule is CC(C)C1(C)N=C(N(C)S(C)(=O)=O)NC(c2ccc(F)cc2)=C1/C=C/[C@@H]1C[C@H](CC(=O)[O-])OC(C)(C)O1.CC(C)C1(C)N=C(N(C)S(C)(=O)=O)NC(c2ccc(F)cc2)=C1/C=C/[C@@H]1C[C@H](CC(=O)[O-])OC(C)(C)O1.[Mg+2]. The number of benzene rings is 2. The molecule has 4 aliphatic rings. The summed E-state index contributed by atoms with van der Waals surface area (Å²) >= 11 is 0. The van der Waals surface area contributed by atoms with Crippen molar-refractivity contribution in [1.29, 1.82) is 0 Å². The summed E-state index contributed by atoms with van der Waals surface area (Å²) in [6.45, 7) is 18.6. The van der Waals surface area contributed by atoms with E-state index in [1.165, 1.54) is 38.4 Å². The van der Waals surface area contributed by atoms with Crippen molar-refractivity contribution in [1.82, 2.24) is 19.2 Å². The predicted molar refractivity (Wildman–Crippen MR) is 280 cm³/mol. The Morgan fingerprint density at radius 2 is 0.947 bits per heavy atom. The molecule has 6 atom stereocenters. The van der Waals surface area contributed by atoms with Gasteiger partial charge in [-0.1, -0.05) is 52.0 Å². The molecule has 0 saturated carbocycles. The molecule has 2 aromatic rings. The summed E-state index contributed by atoms with van der Waals surface area (Å²) in [6.07, 6.45) is 7.58. The van der Waals surface area contributed by atoms with E-state index < -0.39 is 90.7 Å². The molecule has 18 nitrogen and oxygen atoms in total. The van der Waals surface area contributed by atoms with Gasteiger partial charge in [-0.2, -0.15) is 0 Å². The number of hydrogen-bond donors (Lipinski definition) is 2. The summed E-state index contributed by atoms with van der Waals surface area (Å²) in [5.41, 5.74) is 2.18. The Kier molecular flexibility index (Phi) is 20.3. The quantitative estimate of drug-likeness (QED) is 0.249. The third kappa shape index (κ3) is 16.1. The van der Waals surface area contributed by atoms with Gasteiger partial charge in [0.2, 0.25) is 32.0 Å². The summed E-state index contributed by atoms with van der Waals surface area (Å²) in [6, 6.07) is 11.8. The fraction of sp³-hybridized carbons (Fsp3) is 0.538. The zero-order valence-electron chi connectivity index (χ0n) is 45.2. The molecule has 0 aromatic heterocycles. The number of carboxylic acid groups (broad SMARTS) is 2. The van der Waals surface area contributed by atoms with E-state index in [0.29, 0.717) is 35.4 Å². The van der Waals surface area contributed by atoms with Crippen molar-refractivity contribution in [3.8, 4) is 0 Å². The van der Waals surface area contributed by atoms with Gasteiger partial charge in [0.25, 0.3) is 0 Å². The Morgan fingerprint density at radius 3 is 1.21 bits per heavy atom. The predicted octanol–water partition coefficient (Wildman–Crippen LogP) is 4.44. The monoisotopic (exact) mass is 1100 g/mol. The molecule has 2 fully saturated rings. The molecule has 2 saturated heterocycles. The van der Waals surface area contributed by atoms with Crippen LogP contribution in [0.2, 0.25) is 0 Å². The first kappa shape index (κ1) is 62.8. The number of aliphatic imine (C=N–C) groups is 2. The molecule has 0 radical (unpaired) electrons. The Balaban J connectivity index is 0.000000320. The molecule has 2 unspecified atom stereocenters. The maximum Gasteiger partial charge on any atom is 2.00 e. The van der Waals surface area contributed by atoms with Crippen molar-refractivity contribution < 1.29 is 64.4 Å². The fourth-order valence-corrected chi connectivity index (χ4v) is 9.53. The topological polar surface area (TPSA) is 241 Å². The molecule has 2 N–H and O–H groups in total. The van der Waals surface area contributed by atoms with E-state index in [0.717, 1.165) is 32.3 Å². The van der Waals surface area contributed by atoms with E-state index in [1.54, 1.807) is 52.0 Å². The van der Waals surface area contributed by atoms with Gasteiger partial charge in [-0.25, -0.2) is 44.2 Å². The molecule has 0 amide bonds. The molecule has 6 rings (SSSR count). The summed E-state index contributed by atoms with van der Waals surface area (Å²) < 4.78 is 103. The van der Waals surface area contributed by atoms with E-state index >= 15 is 0 Å². The molecule has 4 heterocycles. The number of ether oxygens (including phenoxy) is 4. The average Bonchev–Trinajstić information content (AvgIpc) is 3.25. The minimum absolute atomic E-state index is 0. The first-order valence-electron chi connectivity index (χ1n) is 24.1. The van der Waals surface area contributed by atoms with E-state index in [1.807, 2.05) is 65.8 Å². The minimum Gasteiger partial charge on any atom is -0.550 e. The van der Waals surface area contributed by atoms with Crippen LogP contribution in [0, 0.1) is 23.5 Å². The van der Waals surface area contributed by atoms with Crippen LogP contribution in [0.25, 0.3) is 11.4 Å². The van der Waals surface area contributed by atoms with Crippen molar-refractivity contribution in [3.05, 3.63) is 107 Å². The molecule has 23 heteroatoms. The third-order valence-electron chi connectivity index (χ3n) is 13.4. The van der Waals surface area contributed by atoms with Crippen LogP contribution < -0.4 is 20.8 Å². The maximum atomic E-state index is 13.7. The van der Waals surface area contributed by atoms with Crippen molar-refractivity contribution in [2.45, 2.75) is 142 Å². The molecule has 4 aliphatic heterocycles. The first-order valence-corrected chi connectivity index (χ1v) is 27.8. The number of carbonyl (C=O) groups excluding carboxylic acids is 2. The minimum atomic E-state index is -3.61. The van der Waals surface area contributed by atoms with Gasteiger partial charge in [-0.3, -0.25) is 0 Å². The first-order chi connectivity index (χ1) is 34.0. The van der Waals surface area contributed by atoms with E-state index in [9.17, 15) is 45.4 Å². The molecular formula is C52H70F2MgN6O12S2. The van der Waals surface area contributed by atoms with Gasteiger partial charge in [0.05, 0.1) is 59.4 Å². The number of halogens is 2. The van der Waals surface area contributed by atoms with E-state index in [2.05, 4.69) is 10.6 Å². The van der Waals surface area contributed by atoms with Gasteiger partial charge in [-0.15, -0.1) is 0 Å². The summed E-state index contributed by atoms with van der Waals surface area (Å²) in [7, 11) is -4.39. The van der Waals surface area contributed by atoms with Crippen LogP contribution in [0.3, 0.4) is 0 Å². The van der Waals surface area contributed by atoms with Crippen LogP contribution in [0.15, 0.2) is 94.0 Å². The number of carboxylic acids is 2. The van der Waals surface area contributed by atoms with Gasteiger partial charge >= 0.3 is 23.1 Å². The second-order valence-corrected chi connectivity index (χ2v) is 24.7. The largest absolute Gasteiger partial charge is 2.00 e. The normalized spacial score (nSPS) is 25.9. The van der Waals surface area contributed by atoms with Crippen molar-refractivity contribution in [3.63, 3.8) is 0 Å². The number of guanidine groups is 2. The van der Waals surface area contributed by atoms with Gasteiger partial charge < -0.3 is 49.4 Å². The van der Waals surface area contributed by atoms with Crippen molar-refractivity contribution in [2.24, 2.45) is 21.8 Å². The van der Waals surface area contributed by atoms with Crippen molar-refractivity contribution in [2.75, 3.05) is 26.6 Å². The zero-order valence-corrected chi connectivity index (χ0v) is 48.2. The second kappa shape index (κ2) is 24.3. The molecule has 0 spiro atoms. The number of rotatable bonds is 14. The Hall–Kier alpha value is -4.75. The second-order valence-electron chi connectivity index (χ2n) is 20.7. The van der Waals surface area contributed by atoms with Crippen LogP contribution in [0.4, 0.5) is 8.78 Å². The Labute approximate surface area is 456 Å². The van der Waals surface area contributed by atoms with Gasteiger partial charge in [0.15, 0.2) is 11.6 Å². The summed E-state index contributed by atoms with van der Waals surface area (Å²) in [5.74, 6) is -5.05. The molecular weight excluding hydrogens is 1030 g/mol. The van der Waals surface area contributed by atoms with Crippen LogP contribution >= 0.6 is 0 Å².